The molecule has 0 radical (unpaired) electrons. The van der Waals surface area contributed by atoms with Crippen LogP contribution in [0.25, 0.3) is 21.9 Å². The number of methoxy groups -OCH3 is 1. The van der Waals surface area contributed by atoms with Gasteiger partial charge in [-0.3, -0.25) is 0 Å². The van der Waals surface area contributed by atoms with E-state index in [0.717, 1.165) is 38.8 Å². The lowest BCUT2D eigenvalue weighted by Crippen LogP contribution is -2.22. The first-order valence-corrected chi connectivity index (χ1v) is 11.0. The smallest absolute Gasteiger partial charge is 0.497 e. The average molecular weight is 466 g/mol. The number of halogens is 3. The molecule has 0 saturated heterocycles. The molecule has 0 spiro atoms. The monoisotopic (exact) mass is 465 g/mol. The van der Waals surface area contributed by atoms with Crippen molar-refractivity contribution in [1.29, 1.82) is 0 Å². The van der Waals surface area contributed by atoms with Gasteiger partial charge in [-0.25, -0.2) is 0 Å². The lowest BCUT2D eigenvalue weighted by atomic mass is 9.93. The molecule has 0 saturated carbocycles. The molecule has 0 heterocycles. The summed E-state index contributed by atoms with van der Waals surface area (Å²) in [6.07, 6.45) is -4.71. The Morgan fingerprint density at radius 3 is 2.15 bits per heavy atom. The Morgan fingerprint density at radius 2 is 1.44 bits per heavy atom. The van der Waals surface area contributed by atoms with E-state index in [1.165, 1.54) is 12.1 Å². The molecule has 4 aromatic carbocycles. The molecule has 0 bridgehead atoms. The first kappa shape index (κ1) is 23.6. The summed E-state index contributed by atoms with van der Waals surface area (Å²) in [6, 6.07) is 26.3. The third-order valence-corrected chi connectivity index (χ3v) is 5.88. The van der Waals surface area contributed by atoms with Gasteiger partial charge in [-0.15, -0.1) is 13.2 Å². The highest BCUT2D eigenvalue weighted by Gasteiger charge is 2.31. The van der Waals surface area contributed by atoms with E-state index in [4.69, 9.17) is 4.74 Å². The second-order valence-electron chi connectivity index (χ2n) is 8.25. The first-order valence-electron chi connectivity index (χ1n) is 11.0. The molecule has 4 aromatic rings. The molecule has 0 aliphatic rings. The molecule has 0 aliphatic heterocycles. The fourth-order valence-corrected chi connectivity index (χ4v) is 4.14. The predicted molar refractivity (Wildman–Crippen MR) is 129 cm³/mol. The molecule has 0 aliphatic carbocycles. The van der Waals surface area contributed by atoms with Crippen LogP contribution in [0.15, 0.2) is 84.9 Å². The lowest BCUT2D eigenvalue weighted by Gasteiger charge is -2.22. The molecule has 1 unspecified atom stereocenters. The van der Waals surface area contributed by atoms with E-state index in [-0.39, 0.29) is 17.8 Å². The van der Waals surface area contributed by atoms with E-state index in [1.54, 1.807) is 19.2 Å². The van der Waals surface area contributed by atoms with Gasteiger partial charge in [0.15, 0.2) is 0 Å². The zero-order valence-corrected chi connectivity index (χ0v) is 19.2. The van der Waals surface area contributed by atoms with Crippen molar-refractivity contribution in [2.24, 2.45) is 0 Å². The Hall–Kier alpha value is -3.51. The third-order valence-electron chi connectivity index (χ3n) is 5.88. The maximum absolute atomic E-state index is 12.5. The molecule has 176 valence electrons. The van der Waals surface area contributed by atoms with E-state index in [2.05, 4.69) is 42.1 Å². The molecule has 34 heavy (non-hydrogen) atoms. The topological polar surface area (TPSA) is 30.5 Å². The Balaban J connectivity index is 1.65. The Kier molecular flexibility index (Phi) is 6.80. The van der Waals surface area contributed by atoms with E-state index < -0.39 is 6.36 Å². The van der Waals surface area contributed by atoms with Crippen molar-refractivity contribution in [1.82, 2.24) is 5.32 Å². The van der Waals surface area contributed by atoms with Gasteiger partial charge in [-0.2, -0.15) is 0 Å². The molecular formula is C28H26F3NO2. The summed E-state index contributed by atoms with van der Waals surface area (Å²) in [5, 5.41) is 5.74. The van der Waals surface area contributed by atoms with Crippen molar-refractivity contribution in [3.8, 4) is 22.6 Å². The maximum Gasteiger partial charge on any atom is 0.573 e. The quantitative estimate of drug-likeness (QED) is 0.302. The Labute approximate surface area is 197 Å². The van der Waals surface area contributed by atoms with Crippen molar-refractivity contribution >= 4 is 10.8 Å². The second-order valence-corrected chi connectivity index (χ2v) is 8.25. The molecular weight excluding hydrogens is 439 g/mol. The standard InChI is InChI=1S/C28H26F3NO2/c1-18(21-8-6-9-25(16-21)33-3)32-19(2)23-15-22-7-4-5-10-26(22)27(17-23)20-11-13-24(14-12-20)34-28(29,30)31/h4-19,32H,1-3H3/t18-,19?/m1/s1. The van der Waals surface area contributed by atoms with E-state index in [9.17, 15) is 13.2 Å². The predicted octanol–water partition coefficient (Wildman–Crippen LogP) is 7.83. The minimum absolute atomic E-state index is 0.0254. The van der Waals surface area contributed by atoms with Crippen LogP contribution in [0.3, 0.4) is 0 Å². The van der Waals surface area contributed by atoms with Crippen LogP contribution in [-0.4, -0.2) is 13.5 Å². The lowest BCUT2D eigenvalue weighted by molar-refractivity contribution is -0.274. The number of hydrogen-bond acceptors (Lipinski definition) is 3. The van der Waals surface area contributed by atoms with Gasteiger partial charge in [0.2, 0.25) is 0 Å². The summed E-state index contributed by atoms with van der Waals surface area (Å²) in [6.45, 7) is 4.21. The highest BCUT2D eigenvalue weighted by molar-refractivity contribution is 5.97. The second kappa shape index (κ2) is 9.77. The van der Waals surface area contributed by atoms with Gasteiger partial charge >= 0.3 is 6.36 Å². The summed E-state index contributed by atoms with van der Waals surface area (Å²) >= 11 is 0. The summed E-state index contributed by atoms with van der Waals surface area (Å²) in [7, 11) is 1.65. The van der Waals surface area contributed by atoms with Crippen molar-refractivity contribution < 1.29 is 22.6 Å². The van der Waals surface area contributed by atoms with Gasteiger partial charge in [0.05, 0.1) is 7.11 Å². The number of benzene rings is 4. The van der Waals surface area contributed by atoms with Gasteiger partial charge in [0.25, 0.3) is 0 Å². The fraction of sp³-hybridized carbons (Fsp3) is 0.214. The molecule has 0 fully saturated rings. The highest BCUT2D eigenvalue weighted by atomic mass is 19.4. The first-order chi connectivity index (χ1) is 16.2. The Bertz CT molecular complexity index is 1270. The van der Waals surface area contributed by atoms with Crippen LogP contribution in [-0.2, 0) is 0 Å². The van der Waals surface area contributed by atoms with Gasteiger partial charge in [-0.05, 0) is 83.3 Å². The number of ether oxygens (including phenoxy) is 2. The fourth-order valence-electron chi connectivity index (χ4n) is 4.14. The maximum atomic E-state index is 12.5. The molecule has 0 amide bonds. The number of rotatable bonds is 7. The summed E-state index contributed by atoms with van der Waals surface area (Å²) in [5.41, 5.74) is 3.97. The third kappa shape index (κ3) is 5.51. The van der Waals surface area contributed by atoms with Gasteiger partial charge < -0.3 is 14.8 Å². The van der Waals surface area contributed by atoms with E-state index in [1.807, 2.05) is 42.5 Å². The highest BCUT2D eigenvalue weighted by Crippen LogP contribution is 2.34. The van der Waals surface area contributed by atoms with Crippen LogP contribution >= 0.6 is 0 Å². The number of alkyl halides is 3. The average Bonchev–Trinajstić information content (AvgIpc) is 2.83. The van der Waals surface area contributed by atoms with E-state index in [0.29, 0.717) is 0 Å². The van der Waals surface area contributed by atoms with Gasteiger partial charge in [0, 0.05) is 12.1 Å². The van der Waals surface area contributed by atoms with Crippen LogP contribution in [0.2, 0.25) is 0 Å². The Morgan fingerprint density at radius 1 is 0.735 bits per heavy atom. The number of hydrogen-bond donors (Lipinski definition) is 1. The minimum atomic E-state index is -4.71. The normalized spacial score (nSPS) is 13.5. The van der Waals surface area contributed by atoms with Crippen LogP contribution in [0.1, 0.15) is 37.1 Å². The summed E-state index contributed by atoms with van der Waals surface area (Å²) < 4.78 is 47.0. The zero-order chi connectivity index (χ0) is 24.3. The number of fused-ring (bicyclic) bond motifs is 1. The number of nitrogens with one attached hydrogen (secondary N) is 1. The minimum Gasteiger partial charge on any atom is -0.497 e. The molecule has 0 aromatic heterocycles. The molecule has 6 heteroatoms. The molecule has 4 rings (SSSR count). The van der Waals surface area contributed by atoms with Crippen LogP contribution in [0.5, 0.6) is 11.5 Å². The summed E-state index contributed by atoms with van der Waals surface area (Å²) in [5.74, 6) is 0.573. The van der Waals surface area contributed by atoms with E-state index >= 15 is 0 Å². The van der Waals surface area contributed by atoms with Crippen molar-refractivity contribution in [2.75, 3.05) is 7.11 Å². The van der Waals surface area contributed by atoms with Gasteiger partial charge in [0.1, 0.15) is 11.5 Å². The van der Waals surface area contributed by atoms with Crippen LogP contribution < -0.4 is 14.8 Å². The summed E-state index contributed by atoms with van der Waals surface area (Å²) in [4.78, 5) is 0. The van der Waals surface area contributed by atoms with Crippen LogP contribution in [0, 0.1) is 0 Å². The van der Waals surface area contributed by atoms with Gasteiger partial charge in [-0.1, -0.05) is 48.5 Å². The van der Waals surface area contributed by atoms with Crippen LogP contribution in [0.4, 0.5) is 13.2 Å². The molecule has 2 atom stereocenters. The van der Waals surface area contributed by atoms with Crippen molar-refractivity contribution in [2.45, 2.75) is 32.3 Å². The zero-order valence-electron chi connectivity index (χ0n) is 19.2. The molecule has 1 N–H and O–H groups in total. The largest absolute Gasteiger partial charge is 0.573 e. The SMILES string of the molecule is COc1cccc([C@@H](C)NC(C)c2cc(-c3ccc(OC(F)(F)F)cc3)c3ccccc3c2)c1. The van der Waals surface area contributed by atoms with Crippen molar-refractivity contribution in [3.05, 3.63) is 96.1 Å². The van der Waals surface area contributed by atoms with Crippen molar-refractivity contribution in [3.63, 3.8) is 0 Å². The molecule has 3 nitrogen and oxygen atoms in total.